The van der Waals surface area contributed by atoms with E-state index in [1.807, 2.05) is 24.9 Å². The average molecular weight is 511 g/mol. The molecule has 4 nitrogen and oxygen atoms in total. The highest BCUT2D eigenvalue weighted by atomic mass is 127. The maximum atomic E-state index is 5.97. The van der Waals surface area contributed by atoms with E-state index in [0.29, 0.717) is 5.92 Å². The minimum Gasteiger partial charge on any atom is -0.373 e. The van der Waals surface area contributed by atoms with Crippen molar-refractivity contribution in [2.45, 2.75) is 23.8 Å². The van der Waals surface area contributed by atoms with Gasteiger partial charge >= 0.3 is 0 Å². The Hall–Kier alpha value is -1.25. The Morgan fingerprint density at radius 3 is 2.50 bits per heavy atom. The molecule has 2 unspecified atom stereocenters. The zero-order valence-corrected chi connectivity index (χ0v) is 19.5. The van der Waals surface area contributed by atoms with E-state index in [-0.39, 0.29) is 30.1 Å². The second-order valence-corrected chi connectivity index (χ2v) is 7.81. The van der Waals surface area contributed by atoms with Crippen LogP contribution in [0.5, 0.6) is 0 Å². The van der Waals surface area contributed by atoms with Crippen LogP contribution in [0, 0.1) is 5.92 Å². The van der Waals surface area contributed by atoms with Crippen LogP contribution in [0.1, 0.15) is 24.5 Å². The molecule has 0 aromatic heterocycles. The molecule has 0 bridgehead atoms. The van der Waals surface area contributed by atoms with Crippen molar-refractivity contribution in [3.05, 3.63) is 66.2 Å². The third kappa shape index (κ3) is 7.29. The highest BCUT2D eigenvalue weighted by Gasteiger charge is 2.29. The zero-order valence-electron chi connectivity index (χ0n) is 16.3. The second kappa shape index (κ2) is 13.1. The molecule has 0 saturated carbocycles. The topological polar surface area (TPSA) is 45.7 Å². The molecule has 1 aliphatic rings. The van der Waals surface area contributed by atoms with Crippen molar-refractivity contribution in [1.29, 1.82) is 0 Å². The molecular weight excluding hydrogens is 481 g/mol. The van der Waals surface area contributed by atoms with E-state index < -0.39 is 0 Å². The van der Waals surface area contributed by atoms with Crippen molar-refractivity contribution in [3.8, 4) is 0 Å². The van der Waals surface area contributed by atoms with Crippen LogP contribution in [-0.4, -0.2) is 38.5 Å². The van der Waals surface area contributed by atoms with E-state index in [9.17, 15) is 0 Å². The van der Waals surface area contributed by atoms with Crippen molar-refractivity contribution in [2.24, 2.45) is 10.9 Å². The van der Waals surface area contributed by atoms with Gasteiger partial charge in [0.1, 0.15) is 0 Å². The maximum Gasteiger partial charge on any atom is 0.190 e. The van der Waals surface area contributed by atoms with Crippen LogP contribution in [0.2, 0.25) is 0 Å². The number of aliphatic imine (C=N–C) groups is 1. The number of guanidine groups is 1. The predicted molar refractivity (Wildman–Crippen MR) is 130 cm³/mol. The highest BCUT2D eigenvalue weighted by Crippen LogP contribution is 2.33. The van der Waals surface area contributed by atoms with Crippen molar-refractivity contribution in [1.82, 2.24) is 10.6 Å². The van der Waals surface area contributed by atoms with Gasteiger partial charge in [0.25, 0.3) is 0 Å². The first-order valence-electron chi connectivity index (χ1n) is 9.65. The van der Waals surface area contributed by atoms with Crippen molar-refractivity contribution >= 4 is 41.7 Å². The first-order chi connectivity index (χ1) is 13.4. The average Bonchev–Trinajstić information content (AvgIpc) is 3.20. The van der Waals surface area contributed by atoms with E-state index >= 15 is 0 Å². The summed E-state index contributed by atoms with van der Waals surface area (Å²) in [7, 11) is 1.83. The van der Waals surface area contributed by atoms with Crippen LogP contribution in [0.15, 0.2) is 70.6 Å². The van der Waals surface area contributed by atoms with Crippen LogP contribution >= 0.6 is 35.7 Å². The Kier molecular flexibility index (Phi) is 10.7. The molecule has 1 heterocycles. The number of nitrogens with one attached hydrogen (secondary N) is 2. The van der Waals surface area contributed by atoms with Crippen LogP contribution in [0.25, 0.3) is 0 Å². The molecule has 1 saturated heterocycles. The Morgan fingerprint density at radius 1 is 1.07 bits per heavy atom. The van der Waals surface area contributed by atoms with Gasteiger partial charge in [-0.25, -0.2) is 0 Å². The van der Waals surface area contributed by atoms with Crippen LogP contribution in [0.3, 0.4) is 0 Å². The summed E-state index contributed by atoms with van der Waals surface area (Å²) in [6.45, 7) is 2.62. The number of ether oxygens (including phenoxy) is 1. The van der Waals surface area contributed by atoms with Gasteiger partial charge in [0.05, 0.1) is 6.10 Å². The first kappa shape index (κ1) is 23.0. The van der Waals surface area contributed by atoms with E-state index in [1.54, 1.807) is 0 Å². The van der Waals surface area contributed by atoms with E-state index in [4.69, 9.17) is 4.74 Å². The van der Waals surface area contributed by atoms with Gasteiger partial charge < -0.3 is 15.4 Å². The van der Waals surface area contributed by atoms with E-state index in [2.05, 4.69) is 70.2 Å². The molecule has 2 N–H and O–H groups in total. The third-order valence-corrected chi connectivity index (χ3v) is 5.82. The molecule has 28 heavy (non-hydrogen) atoms. The molecule has 1 fully saturated rings. The Balaban J connectivity index is 0.00000280. The summed E-state index contributed by atoms with van der Waals surface area (Å²) >= 11 is 1.89. The minimum atomic E-state index is 0. The largest absolute Gasteiger partial charge is 0.373 e. The number of thioether (sulfide) groups is 1. The first-order valence-corrected chi connectivity index (χ1v) is 10.6. The maximum absolute atomic E-state index is 5.97. The van der Waals surface area contributed by atoms with E-state index in [1.165, 1.54) is 10.5 Å². The summed E-state index contributed by atoms with van der Waals surface area (Å²) in [5.41, 5.74) is 1.27. The fourth-order valence-electron chi connectivity index (χ4n) is 3.29. The summed E-state index contributed by atoms with van der Waals surface area (Å²) in [6.07, 6.45) is 2.36. The molecular formula is C22H30IN3OS. The van der Waals surface area contributed by atoms with Gasteiger partial charge in [0.15, 0.2) is 5.96 Å². The van der Waals surface area contributed by atoms with Gasteiger partial charge in [-0.15, -0.1) is 35.7 Å². The molecule has 0 amide bonds. The Morgan fingerprint density at radius 2 is 1.79 bits per heavy atom. The lowest BCUT2D eigenvalue weighted by Gasteiger charge is -2.20. The zero-order chi connectivity index (χ0) is 18.7. The fraction of sp³-hybridized carbons (Fsp3) is 0.409. The molecule has 2 aromatic carbocycles. The van der Waals surface area contributed by atoms with Gasteiger partial charge in [-0.05, 0) is 36.3 Å². The summed E-state index contributed by atoms with van der Waals surface area (Å²) in [4.78, 5) is 5.68. The molecule has 0 spiro atoms. The number of hydrogen-bond donors (Lipinski definition) is 2. The van der Waals surface area contributed by atoms with Gasteiger partial charge in [-0.3, -0.25) is 4.99 Å². The summed E-state index contributed by atoms with van der Waals surface area (Å²) in [5, 5.41) is 6.89. The lowest BCUT2D eigenvalue weighted by atomic mass is 9.95. The van der Waals surface area contributed by atoms with Crippen molar-refractivity contribution in [2.75, 3.05) is 32.5 Å². The SMILES string of the molecule is CN=C(NCCCSc1ccccc1)NCC1CCOC1c1ccccc1.I. The summed E-state index contributed by atoms with van der Waals surface area (Å²) < 4.78 is 5.97. The van der Waals surface area contributed by atoms with Gasteiger partial charge in [0.2, 0.25) is 0 Å². The van der Waals surface area contributed by atoms with Gasteiger partial charge in [-0.1, -0.05) is 48.5 Å². The number of rotatable bonds is 8. The van der Waals surface area contributed by atoms with Gasteiger partial charge in [-0.2, -0.15) is 0 Å². The smallest absolute Gasteiger partial charge is 0.190 e. The quantitative estimate of drug-likeness (QED) is 0.177. The van der Waals surface area contributed by atoms with Crippen LogP contribution in [0.4, 0.5) is 0 Å². The van der Waals surface area contributed by atoms with Gasteiger partial charge in [0, 0.05) is 37.6 Å². The molecule has 1 aliphatic heterocycles. The standard InChI is InChI=1S/C22H29N3OS.HI/c1-23-22(24-14-8-16-27-20-11-6-3-7-12-20)25-17-19-13-15-26-21(19)18-9-4-2-5-10-18;/h2-7,9-12,19,21H,8,13-17H2,1H3,(H2,23,24,25);1H. The molecule has 0 radical (unpaired) electrons. The Bertz CT molecular complexity index is 699. The molecule has 2 atom stereocenters. The summed E-state index contributed by atoms with van der Waals surface area (Å²) in [6, 6.07) is 21.1. The van der Waals surface area contributed by atoms with Crippen molar-refractivity contribution in [3.63, 3.8) is 0 Å². The number of nitrogens with zero attached hydrogens (tertiary/aromatic N) is 1. The molecule has 6 heteroatoms. The van der Waals surface area contributed by atoms with E-state index in [0.717, 1.165) is 44.3 Å². The van der Waals surface area contributed by atoms with Crippen LogP contribution in [-0.2, 0) is 4.74 Å². The lowest BCUT2D eigenvalue weighted by Crippen LogP contribution is -2.40. The molecule has 2 aromatic rings. The monoisotopic (exact) mass is 511 g/mol. The molecule has 152 valence electrons. The minimum absolute atomic E-state index is 0. The second-order valence-electron chi connectivity index (χ2n) is 6.65. The summed E-state index contributed by atoms with van der Waals surface area (Å²) in [5.74, 6) is 2.44. The molecule has 3 rings (SSSR count). The van der Waals surface area contributed by atoms with Crippen LogP contribution < -0.4 is 10.6 Å². The number of benzene rings is 2. The molecule has 0 aliphatic carbocycles. The van der Waals surface area contributed by atoms with Crippen molar-refractivity contribution < 1.29 is 4.74 Å². The lowest BCUT2D eigenvalue weighted by molar-refractivity contribution is 0.0915. The predicted octanol–water partition coefficient (Wildman–Crippen LogP) is 4.73. The highest BCUT2D eigenvalue weighted by molar-refractivity contribution is 14.0. The number of hydrogen-bond acceptors (Lipinski definition) is 3. The Labute approximate surface area is 190 Å². The third-order valence-electron chi connectivity index (χ3n) is 4.72. The fourth-order valence-corrected chi connectivity index (χ4v) is 4.16. The number of halogens is 1. The normalized spacial score (nSPS) is 19.1.